The second-order valence-electron chi connectivity index (χ2n) is 5.53. The average molecular weight is 412 g/mol. The van der Waals surface area contributed by atoms with Crippen LogP contribution in [0.3, 0.4) is 0 Å². The molecule has 0 radical (unpaired) electrons. The Labute approximate surface area is 160 Å². The third-order valence-electron chi connectivity index (χ3n) is 3.30. The predicted molar refractivity (Wildman–Crippen MR) is 99.9 cm³/mol. The number of anilines is 1. The predicted octanol–water partition coefficient (Wildman–Crippen LogP) is 3.19. The molecule has 0 atom stereocenters. The topological polar surface area (TPSA) is 92.8 Å². The van der Waals surface area contributed by atoms with Gasteiger partial charge in [-0.25, -0.2) is 17.6 Å². The minimum Gasteiger partial charge on any atom is -0.465 e. The fraction of sp³-hybridized carbons (Fsp3) is 0.176. The van der Waals surface area contributed by atoms with Crippen LogP contribution in [0.15, 0.2) is 52.3 Å². The normalized spacial score (nSPS) is 11.0. The van der Waals surface area contributed by atoms with Crippen LogP contribution >= 0.6 is 11.8 Å². The standard InChI is InChI=1S/C17H17FN2O5S2/c1-20(2)17(22)26-13-6-4-5-12(10-13)19-27(23,24)15-9-11(16(21)25-3)7-8-14(15)18/h4-10,19H,1-3H3. The van der Waals surface area contributed by atoms with E-state index in [1.807, 2.05) is 0 Å². The lowest BCUT2D eigenvalue weighted by Crippen LogP contribution is -2.17. The van der Waals surface area contributed by atoms with Crippen LogP contribution in [0.25, 0.3) is 0 Å². The Hall–Kier alpha value is -2.59. The number of methoxy groups -OCH3 is 1. The van der Waals surface area contributed by atoms with Crippen LogP contribution in [0, 0.1) is 5.82 Å². The maximum Gasteiger partial charge on any atom is 0.337 e. The molecule has 2 aromatic rings. The Bertz CT molecular complexity index is 977. The number of hydrogen-bond donors (Lipinski definition) is 1. The van der Waals surface area contributed by atoms with Gasteiger partial charge in [-0.15, -0.1) is 0 Å². The first-order valence-electron chi connectivity index (χ1n) is 7.54. The summed E-state index contributed by atoms with van der Waals surface area (Å²) in [6, 6.07) is 9.02. The molecule has 144 valence electrons. The van der Waals surface area contributed by atoms with Gasteiger partial charge in [-0.05, 0) is 48.2 Å². The summed E-state index contributed by atoms with van der Waals surface area (Å²) in [6.45, 7) is 0. The van der Waals surface area contributed by atoms with Crippen molar-refractivity contribution < 1.29 is 27.1 Å². The SMILES string of the molecule is COC(=O)c1ccc(F)c(S(=O)(=O)Nc2cccc(SC(=O)N(C)C)c2)c1. The first-order chi connectivity index (χ1) is 12.6. The van der Waals surface area contributed by atoms with Crippen molar-refractivity contribution >= 4 is 38.7 Å². The highest BCUT2D eigenvalue weighted by Gasteiger charge is 2.22. The number of thioether (sulfide) groups is 1. The molecule has 10 heteroatoms. The van der Waals surface area contributed by atoms with Crippen LogP contribution < -0.4 is 4.72 Å². The summed E-state index contributed by atoms with van der Waals surface area (Å²) in [5, 5.41) is -0.230. The molecule has 27 heavy (non-hydrogen) atoms. The van der Waals surface area contributed by atoms with E-state index in [2.05, 4.69) is 9.46 Å². The number of halogens is 1. The van der Waals surface area contributed by atoms with Gasteiger partial charge in [0.25, 0.3) is 15.3 Å². The smallest absolute Gasteiger partial charge is 0.337 e. The minimum atomic E-state index is -4.31. The van der Waals surface area contributed by atoms with E-state index in [1.54, 1.807) is 26.2 Å². The fourth-order valence-electron chi connectivity index (χ4n) is 1.98. The van der Waals surface area contributed by atoms with E-state index in [1.165, 1.54) is 17.0 Å². The summed E-state index contributed by atoms with van der Waals surface area (Å²) in [5.41, 5.74) is 0.0505. The molecule has 0 aromatic heterocycles. The number of carbonyl (C=O) groups excluding carboxylic acids is 2. The summed E-state index contributed by atoms with van der Waals surface area (Å²) in [4.78, 5) is 24.5. The largest absolute Gasteiger partial charge is 0.465 e. The van der Waals surface area contributed by atoms with Crippen molar-refractivity contribution in [3.63, 3.8) is 0 Å². The molecule has 0 unspecified atom stereocenters. The highest BCUT2D eigenvalue weighted by atomic mass is 32.2. The van der Waals surface area contributed by atoms with Gasteiger partial charge in [0.1, 0.15) is 10.7 Å². The summed E-state index contributed by atoms with van der Waals surface area (Å²) >= 11 is 0.917. The van der Waals surface area contributed by atoms with Crippen LogP contribution in [0.4, 0.5) is 14.9 Å². The monoisotopic (exact) mass is 412 g/mol. The van der Waals surface area contributed by atoms with E-state index in [4.69, 9.17) is 0 Å². The third kappa shape index (κ3) is 5.20. The second-order valence-corrected chi connectivity index (χ2v) is 8.21. The molecule has 2 aromatic carbocycles. The number of hydrogen-bond acceptors (Lipinski definition) is 6. The maximum absolute atomic E-state index is 14.0. The molecular weight excluding hydrogens is 395 g/mol. The first-order valence-corrected chi connectivity index (χ1v) is 9.84. The zero-order chi connectivity index (χ0) is 20.2. The molecule has 1 amide bonds. The van der Waals surface area contributed by atoms with E-state index in [0.29, 0.717) is 4.90 Å². The van der Waals surface area contributed by atoms with Crippen molar-refractivity contribution in [3.8, 4) is 0 Å². The highest BCUT2D eigenvalue weighted by molar-refractivity contribution is 8.13. The summed E-state index contributed by atoms with van der Waals surface area (Å²) in [6.07, 6.45) is 0. The minimum absolute atomic E-state index is 0.0971. The fourth-order valence-corrected chi connectivity index (χ4v) is 3.85. The molecule has 0 spiro atoms. The van der Waals surface area contributed by atoms with Crippen molar-refractivity contribution in [2.45, 2.75) is 9.79 Å². The Balaban J connectivity index is 2.32. The number of ether oxygens (including phenoxy) is 1. The number of esters is 1. The number of rotatable bonds is 5. The van der Waals surface area contributed by atoms with E-state index >= 15 is 0 Å². The van der Waals surface area contributed by atoms with Gasteiger partial charge in [-0.2, -0.15) is 0 Å². The van der Waals surface area contributed by atoms with E-state index in [9.17, 15) is 22.4 Å². The lowest BCUT2D eigenvalue weighted by atomic mass is 10.2. The van der Waals surface area contributed by atoms with Crippen LogP contribution in [0.1, 0.15) is 10.4 Å². The van der Waals surface area contributed by atoms with Gasteiger partial charge in [0, 0.05) is 24.7 Å². The van der Waals surface area contributed by atoms with E-state index in [-0.39, 0.29) is 16.5 Å². The Morgan fingerprint density at radius 2 is 1.85 bits per heavy atom. The van der Waals surface area contributed by atoms with Gasteiger partial charge < -0.3 is 9.64 Å². The molecule has 1 N–H and O–H groups in total. The quantitative estimate of drug-likeness (QED) is 0.599. The molecule has 0 fully saturated rings. The number of carbonyl (C=O) groups is 2. The zero-order valence-electron chi connectivity index (χ0n) is 14.7. The van der Waals surface area contributed by atoms with Gasteiger partial charge >= 0.3 is 5.97 Å². The van der Waals surface area contributed by atoms with Crippen LogP contribution in [-0.4, -0.2) is 45.7 Å². The number of nitrogens with zero attached hydrogens (tertiary/aromatic N) is 1. The molecule has 0 saturated carbocycles. The molecule has 2 rings (SSSR count). The lowest BCUT2D eigenvalue weighted by Gasteiger charge is -2.12. The number of benzene rings is 2. The number of sulfonamides is 1. The van der Waals surface area contributed by atoms with Gasteiger partial charge in [0.05, 0.1) is 12.7 Å². The molecule has 0 saturated heterocycles. The van der Waals surface area contributed by atoms with Crippen LogP contribution in [0.2, 0.25) is 0 Å². The van der Waals surface area contributed by atoms with E-state index in [0.717, 1.165) is 37.1 Å². The maximum atomic E-state index is 14.0. The summed E-state index contributed by atoms with van der Waals surface area (Å²) < 4.78 is 45.9. The van der Waals surface area contributed by atoms with Crippen LogP contribution in [-0.2, 0) is 14.8 Å². The Kier molecular flexibility index (Phi) is 6.45. The van der Waals surface area contributed by atoms with Crippen molar-refractivity contribution in [1.82, 2.24) is 4.90 Å². The Morgan fingerprint density at radius 1 is 1.15 bits per heavy atom. The zero-order valence-corrected chi connectivity index (χ0v) is 16.4. The first kappa shape index (κ1) is 20.7. The van der Waals surface area contributed by atoms with Gasteiger partial charge in [-0.1, -0.05) is 6.07 Å². The average Bonchev–Trinajstić information content (AvgIpc) is 2.61. The Morgan fingerprint density at radius 3 is 2.48 bits per heavy atom. The third-order valence-corrected chi connectivity index (χ3v) is 5.72. The van der Waals surface area contributed by atoms with Crippen molar-refractivity contribution in [1.29, 1.82) is 0 Å². The van der Waals surface area contributed by atoms with Gasteiger partial charge in [-0.3, -0.25) is 9.52 Å². The summed E-state index contributed by atoms with van der Waals surface area (Å²) in [7, 11) is 0.0204. The molecule has 0 aliphatic carbocycles. The molecule has 0 aliphatic rings. The van der Waals surface area contributed by atoms with Gasteiger partial charge in [0.15, 0.2) is 0 Å². The molecule has 0 aliphatic heterocycles. The molecule has 0 heterocycles. The van der Waals surface area contributed by atoms with E-state index < -0.39 is 26.7 Å². The molecule has 0 bridgehead atoms. The van der Waals surface area contributed by atoms with Crippen molar-refractivity contribution in [2.75, 3.05) is 25.9 Å². The molecular formula is C17H17FN2O5S2. The number of nitrogens with one attached hydrogen (secondary N) is 1. The van der Waals surface area contributed by atoms with Crippen LogP contribution in [0.5, 0.6) is 0 Å². The molecule has 7 nitrogen and oxygen atoms in total. The lowest BCUT2D eigenvalue weighted by molar-refractivity contribution is 0.0600. The summed E-state index contributed by atoms with van der Waals surface area (Å²) in [5.74, 6) is -1.80. The van der Waals surface area contributed by atoms with Crippen molar-refractivity contribution in [3.05, 3.63) is 53.8 Å². The number of amides is 1. The second kappa shape index (κ2) is 8.40. The van der Waals surface area contributed by atoms with Crippen molar-refractivity contribution in [2.24, 2.45) is 0 Å². The highest BCUT2D eigenvalue weighted by Crippen LogP contribution is 2.26. The van der Waals surface area contributed by atoms with Gasteiger partial charge in [0.2, 0.25) is 0 Å².